The molecule has 1 aromatic carbocycles. The number of hydrogen-bond acceptors (Lipinski definition) is 5. The number of aliphatic hydroxyl groups excluding tert-OH is 1. The van der Waals surface area contributed by atoms with Gasteiger partial charge in [-0.25, -0.2) is 0 Å². The molecule has 0 aliphatic heterocycles. The van der Waals surface area contributed by atoms with Gasteiger partial charge in [-0.3, -0.25) is 4.79 Å². The van der Waals surface area contributed by atoms with Crippen LogP contribution in [-0.2, 0) is 6.42 Å². The van der Waals surface area contributed by atoms with E-state index in [0.29, 0.717) is 6.42 Å². The number of rotatable bonds is 5. The van der Waals surface area contributed by atoms with E-state index >= 15 is 0 Å². The van der Waals surface area contributed by atoms with Crippen LogP contribution in [0, 0.1) is 0 Å². The molecule has 1 aromatic heterocycles. The molecule has 0 spiro atoms. The van der Waals surface area contributed by atoms with Crippen molar-refractivity contribution in [1.29, 1.82) is 0 Å². The Morgan fingerprint density at radius 2 is 2.11 bits per heavy atom. The lowest BCUT2D eigenvalue weighted by atomic mass is 10.1. The molecular formula is C12H12ClN3O2S. The third kappa shape index (κ3) is 3.99. The van der Waals surface area contributed by atoms with Crippen LogP contribution in [0.2, 0.25) is 4.47 Å². The standard InChI is InChI=1S/C12H12ClN3O2S/c13-12-16-15-11(19-12)10(18)14-9(7-17)6-8-4-2-1-3-5-8/h1-5,9,17H,6-7H2,(H,14,18). The number of amides is 1. The lowest BCUT2D eigenvalue weighted by Gasteiger charge is -2.15. The number of hydrogen-bond donors (Lipinski definition) is 2. The monoisotopic (exact) mass is 297 g/mol. The summed E-state index contributed by atoms with van der Waals surface area (Å²) < 4.78 is 0.216. The highest BCUT2D eigenvalue weighted by Gasteiger charge is 2.17. The Kier molecular flexibility index (Phi) is 4.84. The maximum Gasteiger partial charge on any atom is 0.282 e. The number of halogens is 1. The van der Waals surface area contributed by atoms with Crippen molar-refractivity contribution in [3.63, 3.8) is 0 Å². The molecule has 2 N–H and O–H groups in total. The Hall–Kier alpha value is -1.50. The lowest BCUT2D eigenvalue weighted by Crippen LogP contribution is -2.39. The van der Waals surface area contributed by atoms with Gasteiger partial charge in [0.2, 0.25) is 9.47 Å². The van der Waals surface area contributed by atoms with Gasteiger partial charge in [-0.1, -0.05) is 41.7 Å². The van der Waals surface area contributed by atoms with Gasteiger partial charge >= 0.3 is 0 Å². The Labute approximate surface area is 119 Å². The number of nitrogens with zero attached hydrogens (tertiary/aromatic N) is 2. The molecule has 0 radical (unpaired) electrons. The molecule has 5 nitrogen and oxygen atoms in total. The molecule has 1 atom stereocenters. The predicted octanol–water partition coefficient (Wildman–Crippen LogP) is 1.52. The number of carbonyl (C=O) groups excluding carboxylic acids is 1. The molecule has 2 rings (SSSR count). The minimum atomic E-state index is -0.376. The van der Waals surface area contributed by atoms with E-state index in [4.69, 9.17) is 11.6 Å². The Morgan fingerprint density at radius 3 is 2.68 bits per heavy atom. The number of aromatic nitrogens is 2. The van der Waals surface area contributed by atoms with Gasteiger partial charge in [-0.15, -0.1) is 10.2 Å². The van der Waals surface area contributed by atoms with Crippen molar-refractivity contribution in [3.8, 4) is 0 Å². The second-order valence-corrected chi connectivity index (χ2v) is 5.46. The fourth-order valence-corrected chi connectivity index (χ4v) is 2.34. The minimum Gasteiger partial charge on any atom is -0.394 e. The third-order valence-corrected chi connectivity index (χ3v) is 3.49. The number of carbonyl (C=O) groups is 1. The van der Waals surface area contributed by atoms with E-state index in [9.17, 15) is 9.90 Å². The quantitative estimate of drug-likeness (QED) is 0.877. The summed E-state index contributed by atoms with van der Waals surface area (Å²) in [5.41, 5.74) is 1.04. The normalized spacial score (nSPS) is 12.1. The highest BCUT2D eigenvalue weighted by atomic mass is 35.5. The molecule has 7 heteroatoms. The smallest absolute Gasteiger partial charge is 0.282 e. The van der Waals surface area contributed by atoms with Crippen LogP contribution >= 0.6 is 22.9 Å². The van der Waals surface area contributed by atoms with Crippen LogP contribution in [0.15, 0.2) is 30.3 Å². The van der Waals surface area contributed by atoms with Gasteiger partial charge in [-0.2, -0.15) is 0 Å². The molecular weight excluding hydrogens is 286 g/mol. The summed E-state index contributed by atoms with van der Waals surface area (Å²) in [6.07, 6.45) is 0.551. The van der Waals surface area contributed by atoms with Crippen molar-refractivity contribution in [2.75, 3.05) is 6.61 Å². The summed E-state index contributed by atoms with van der Waals surface area (Å²) in [5.74, 6) is -0.376. The largest absolute Gasteiger partial charge is 0.394 e. The second-order valence-electron chi connectivity index (χ2n) is 3.90. The molecule has 0 aliphatic carbocycles. The van der Waals surface area contributed by atoms with Crippen LogP contribution in [0.4, 0.5) is 0 Å². The van der Waals surface area contributed by atoms with Crippen molar-refractivity contribution < 1.29 is 9.90 Å². The Bertz CT molecular complexity index is 547. The van der Waals surface area contributed by atoms with Gasteiger partial charge in [-0.05, 0) is 23.6 Å². The van der Waals surface area contributed by atoms with Gasteiger partial charge in [0.15, 0.2) is 0 Å². The van der Waals surface area contributed by atoms with Gasteiger partial charge < -0.3 is 10.4 Å². The highest BCUT2D eigenvalue weighted by Crippen LogP contribution is 2.14. The Balaban J connectivity index is 1.97. The summed E-state index contributed by atoms with van der Waals surface area (Å²) >= 11 is 6.62. The second kappa shape index (κ2) is 6.60. The summed E-state index contributed by atoms with van der Waals surface area (Å²) in [6.45, 7) is -0.146. The van der Waals surface area contributed by atoms with E-state index in [1.54, 1.807) is 0 Å². The van der Waals surface area contributed by atoms with E-state index < -0.39 is 0 Å². The average Bonchev–Trinajstić information content (AvgIpc) is 2.86. The molecule has 1 heterocycles. The maximum atomic E-state index is 11.8. The average molecular weight is 298 g/mol. The molecule has 100 valence electrons. The molecule has 0 saturated heterocycles. The molecule has 1 amide bonds. The zero-order valence-corrected chi connectivity index (χ0v) is 11.5. The van der Waals surface area contributed by atoms with Crippen molar-refractivity contribution in [2.45, 2.75) is 12.5 Å². The third-order valence-electron chi connectivity index (χ3n) is 2.48. The zero-order valence-electron chi connectivity index (χ0n) is 9.91. The summed E-state index contributed by atoms with van der Waals surface area (Å²) in [7, 11) is 0. The number of nitrogens with one attached hydrogen (secondary N) is 1. The molecule has 0 bridgehead atoms. The first kappa shape index (κ1) is 13.9. The minimum absolute atomic E-state index is 0.146. The fraction of sp³-hybridized carbons (Fsp3) is 0.250. The van der Waals surface area contributed by atoms with Crippen LogP contribution in [0.1, 0.15) is 15.4 Å². The molecule has 0 aliphatic rings. The zero-order chi connectivity index (χ0) is 13.7. The van der Waals surface area contributed by atoms with E-state index in [0.717, 1.165) is 16.9 Å². The van der Waals surface area contributed by atoms with Crippen molar-refractivity contribution in [3.05, 3.63) is 45.4 Å². The van der Waals surface area contributed by atoms with Crippen LogP contribution in [0.5, 0.6) is 0 Å². The summed E-state index contributed by atoms with van der Waals surface area (Å²) in [6, 6.07) is 9.26. The van der Waals surface area contributed by atoms with Crippen molar-refractivity contribution in [2.24, 2.45) is 0 Å². The first-order valence-corrected chi connectivity index (χ1v) is 6.83. The van der Waals surface area contributed by atoms with Gasteiger partial charge in [0.1, 0.15) is 0 Å². The number of aliphatic hydroxyl groups is 1. The van der Waals surface area contributed by atoms with Gasteiger partial charge in [0, 0.05) is 0 Å². The number of benzene rings is 1. The molecule has 1 unspecified atom stereocenters. The first-order valence-electron chi connectivity index (χ1n) is 5.63. The fourth-order valence-electron chi connectivity index (χ4n) is 1.60. The van der Waals surface area contributed by atoms with Crippen LogP contribution < -0.4 is 5.32 Å². The maximum absolute atomic E-state index is 11.8. The molecule has 0 fully saturated rings. The van der Waals surface area contributed by atoms with Crippen molar-refractivity contribution >= 4 is 28.8 Å². The predicted molar refractivity (Wildman–Crippen MR) is 73.4 cm³/mol. The molecule has 0 saturated carbocycles. The van der Waals surface area contributed by atoms with E-state index in [1.807, 2.05) is 30.3 Å². The first-order chi connectivity index (χ1) is 9.19. The van der Waals surface area contributed by atoms with E-state index in [2.05, 4.69) is 15.5 Å². The summed E-state index contributed by atoms with van der Waals surface area (Å²) in [4.78, 5) is 11.8. The SMILES string of the molecule is O=C(NC(CO)Cc1ccccc1)c1nnc(Cl)s1. The van der Waals surface area contributed by atoms with Crippen LogP contribution in [0.3, 0.4) is 0 Å². The highest BCUT2D eigenvalue weighted by molar-refractivity contribution is 7.17. The van der Waals surface area contributed by atoms with Crippen LogP contribution in [0.25, 0.3) is 0 Å². The Morgan fingerprint density at radius 1 is 1.37 bits per heavy atom. The van der Waals surface area contributed by atoms with Crippen molar-refractivity contribution in [1.82, 2.24) is 15.5 Å². The van der Waals surface area contributed by atoms with Gasteiger partial charge in [0.25, 0.3) is 5.91 Å². The van der Waals surface area contributed by atoms with E-state index in [-0.39, 0.29) is 28.0 Å². The van der Waals surface area contributed by atoms with Crippen LogP contribution in [-0.4, -0.2) is 33.9 Å². The molecule has 2 aromatic rings. The topological polar surface area (TPSA) is 75.1 Å². The van der Waals surface area contributed by atoms with Gasteiger partial charge in [0.05, 0.1) is 12.6 Å². The summed E-state index contributed by atoms with van der Waals surface area (Å²) in [5, 5.41) is 19.4. The van der Waals surface area contributed by atoms with E-state index in [1.165, 1.54) is 0 Å². The molecule has 19 heavy (non-hydrogen) atoms. The lowest BCUT2D eigenvalue weighted by molar-refractivity contribution is 0.0915.